The van der Waals surface area contributed by atoms with E-state index in [1.165, 1.54) is 0 Å². The summed E-state index contributed by atoms with van der Waals surface area (Å²) in [6, 6.07) is 17.3. The molecule has 6 nitrogen and oxygen atoms in total. The molecule has 2 N–H and O–H groups in total. The fraction of sp³-hybridized carbons (Fsp3) is 0.364. The van der Waals surface area contributed by atoms with Crippen molar-refractivity contribution in [2.24, 2.45) is 5.92 Å². The Kier molecular flexibility index (Phi) is 7.03. The van der Waals surface area contributed by atoms with Gasteiger partial charge < -0.3 is 20.3 Å². The molecule has 0 bridgehead atoms. The summed E-state index contributed by atoms with van der Waals surface area (Å²) < 4.78 is 4.96. The van der Waals surface area contributed by atoms with Crippen molar-refractivity contribution < 1.29 is 14.3 Å². The minimum atomic E-state index is -0.0430. The molecule has 1 aliphatic heterocycles. The Hall–Kier alpha value is -2.86. The number of benzene rings is 2. The predicted octanol–water partition coefficient (Wildman–Crippen LogP) is 3.05. The summed E-state index contributed by atoms with van der Waals surface area (Å²) in [6.45, 7) is 2.20. The summed E-state index contributed by atoms with van der Waals surface area (Å²) in [4.78, 5) is 27.1. The summed E-state index contributed by atoms with van der Waals surface area (Å²) in [5.74, 6) is 0.00570. The monoisotopic (exact) mass is 381 g/mol. The van der Waals surface area contributed by atoms with Gasteiger partial charge in [-0.1, -0.05) is 30.3 Å². The minimum absolute atomic E-state index is 0.00253. The van der Waals surface area contributed by atoms with Gasteiger partial charge >= 0.3 is 0 Å². The molecule has 0 saturated carbocycles. The lowest BCUT2D eigenvalue weighted by Crippen LogP contribution is -2.43. The van der Waals surface area contributed by atoms with Gasteiger partial charge in [0.15, 0.2) is 0 Å². The lowest BCUT2D eigenvalue weighted by Gasteiger charge is -2.32. The summed E-state index contributed by atoms with van der Waals surface area (Å²) in [5.41, 5.74) is 2.38. The molecule has 3 rings (SSSR count). The smallest absolute Gasteiger partial charge is 0.255 e. The number of carbonyl (C=O) groups is 2. The first kappa shape index (κ1) is 19.9. The minimum Gasteiger partial charge on any atom is -0.383 e. The van der Waals surface area contributed by atoms with E-state index in [0.717, 1.165) is 11.4 Å². The van der Waals surface area contributed by atoms with Crippen LogP contribution in [-0.4, -0.2) is 50.1 Å². The van der Waals surface area contributed by atoms with Crippen LogP contribution in [0.25, 0.3) is 0 Å². The highest BCUT2D eigenvalue weighted by molar-refractivity contribution is 6.00. The molecule has 0 aliphatic carbocycles. The molecule has 2 aromatic carbocycles. The maximum absolute atomic E-state index is 13.1. The van der Waals surface area contributed by atoms with E-state index in [0.29, 0.717) is 44.6 Å². The molecule has 1 aliphatic rings. The van der Waals surface area contributed by atoms with E-state index in [2.05, 4.69) is 10.6 Å². The van der Waals surface area contributed by atoms with Crippen LogP contribution < -0.4 is 10.6 Å². The number of amides is 2. The number of methoxy groups -OCH3 is 1. The molecule has 1 heterocycles. The van der Waals surface area contributed by atoms with E-state index in [9.17, 15) is 9.59 Å². The second-order valence-electron chi connectivity index (χ2n) is 6.89. The van der Waals surface area contributed by atoms with Crippen molar-refractivity contribution in [3.05, 3.63) is 60.2 Å². The van der Waals surface area contributed by atoms with Gasteiger partial charge in [-0.3, -0.25) is 9.59 Å². The zero-order chi connectivity index (χ0) is 19.8. The van der Waals surface area contributed by atoms with Crippen LogP contribution in [0.4, 0.5) is 11.4 Å². The van der Waals surface area contributed by atoms with E-state index in [1.807, 2.05) is 59.5 Å². The number of nitrogens with one attached hydrogen (secondary N) is 2. The SMILES string of the molecule is COCCNC(=O)C1CCN(C(=O)c2ccccc2Nc2ccccc2)CC1. The number of piperidine rings is 1. The van der Waals surface area contributed by atoms with Crippen LogP contribution in [0, 0.1) is 5.92 Å². The van der Waals surface area contributed by atoms with Crippen molar-refractivity contribution in [2.75, 3.05) is 38.7 Å². The van der Waals surface area contributed by atoms with Gasteiger partial charge in [0.25, 0.3) is 5.91 Å². The second-order valence-corrected chi connectivity index (χ2v) is 6.89. The van der Waals surface area contributed by atoms with Crippen molar-refractivity contribution in [2.45, 2.75) is 12.8 Å². The van der Waals surface area contributed by atoms with Gasteiger partial charge in [-0.15, -0.1) is 0 Å². The van der Waals surface area contributed by atoms with Crippen LogP contribution in [0.3, 0.4) is 0 Å². The van der Waals surface area contributed by atoms with Crippen LogP contribution in [0.15, 0.2) is 54.6 Å². The number of rotatable bonds is 7. The molecule has 148 valence electrons. The van der Waals surface area contributed by atoms with E-state index in [4.69, 9.17) is 4.74 Å². The second kappa shape index (κ2) is 9.90. The molecule has 1 saturated heterocycles. The summed E-state index contributed by atoms with van der Waals surface area (Å²) in [6.07, 6.45) is 1.36. The van der Waals surface area contributed by atoms with Gasteiger partial charge in [-0.2, -0.15) is 0 Å². The van der Waals surface area contributed by atoms with E-state index in [1.54, 1.807) is 7.11 Å². The zero-order valence-corrected chi connectivity index (χ0v) is 16.2. The first-order valence-electron chi connectivity index (χ1n) is 9.66. The van der Waals surface area contributed by atoms with Crippen molar-refractivity contribution in [1.82, 2.24) is 10.2 Å². The van der Waals surface area contributed by atoms with Crippen molar-refractivity contribution in [1.29, 1.82) is 0 Å². The Bertz CT molecular complexity index is 787. The standard InChI is InChI=1S/C22H27N3O3/c1-28-16-13-23-21(26)17-11-14-25(15-12-17)22(27)19-9-5-6-10-20(19)24-18-7-3-2-4-8-18/h2-10,17,24H,11-16H2,1H3,(H,23,26). The van der Waals surface area contributed by atoms with Gasteiger partial charge in [-0.05, 0) is 37.1 Å². The molecule has 0 aromatic heterocycles. The Morgan fingerprint density at radius 1 is 1.04 bits per heavy atom. The number of hydrogen-bond acceptors (Lipinski definition) is 4. The molecule has 2 aromatic rings. The molecular weight excluding hydrogens is 354 g/mol. The van der Waals surface area contributed by atoms with Gasteiger partial charge in [0.1, 0.15) is 0 Å². The molecular formula is C22H27N3O3. The first-order chi connectivity index (χ1) is 13.7. The predicted molar refractivity (Wildman–Crippen MR) is 110 cm³/mol. The summed E-state index contributed by atoms with van der Waals surface area (Å²) >= 11 is 0. The Morgan fingerprint density at radius 3 is 2.43 bits per heavy atom. The highest BCUT2D eigenvalue weighted by atomic mass is 16.5. The number of anilines is 2. The van der Waals surface area contributed by atoms with Crippen molar-refractivity contribution in [3.8, 4) is 0 Å². The molecule has 0 atom stereocenters. The quantitative estimate of drug-likeness (QED) is 0.723. The maximum Gasteiger partial charge on any atom is 0.255 e. The first-order valence-corrected chi connectivity index (χ1v) is 9.66. The third-order valence-corrected chi connectivity index (χ3v) is 4.97. The van der Waals surface area contributed by atoms with Gasteiger partial charge in [0, 0.05) is 38.3 Å². The van der Waals surface area contributed by atoms with Crippen LogP contribution in [0.2, 0.25) is 0 Å². The lowest BCUT2D eigenvalue weighted by molar-refractivity contribution is -0.126. The highest BCUT2D eigenvalue weighted by Gasteiger charge is 2.28. The third-order valence-electron chi connectivity index (χ3n) is 4.97. The number of ether oxygens (including phenoxy) is 1. The number of hydrogen-bond donors (Lipinski definition) is 2. The normalized spacial score (nSPS) is 14.5. The van der Waals surface area contributed by atoms with E-state index < -0.39 is 0 Å². The van der Waals surface area contributed by atoms with Crippen molar-refractivity contribution in [3.63, 3.8) is 0 Å². The highest BCUT2D eigenvalue weighted by Crippen LogP contribution is 2.25. The Labute approximate surface area is 165 Å². The molecule has 1 fully saturated rings. The van der Waals surface area contributed by atoms with Gasteiger partial charge in [-0.25, -0.2) is 0 Å². The molecule has 2 amide bonds. The molecule has 0 unspecified atom stereocenters. The van der Waals surface area contributed by atoms with Gasteiger partial charge in [0.2, 0.25) is 5.91 Å². The molecule has 0 spiro atoms. The molecule has 0 radical (unpaired) electrons. The summed E-state index contributed by atoms with van der Waals surface area (Å²) in [7, 11) is 1.61. The average Bonchev–Trinajstić information content (AvgIpc) is 2.74. The Morgan fingerprint density at radius 2 is 1.71 bits per heavy atom. The topological polar surface area (TPSA) is 70.7 Å². The zero-order valence-electron chi connectivity index (χ0n) is 16.2. The fourth-order valence-electron chi connectivity index (χ4n) is 3.39. The number of para-hydroxylation sites is 2. The molecule has 6 heteroatoms. The van der Waals surface area contributed by atoms with Gasteiger partial charge in [0.05, 0.1) is 17.9 Å². The third kappa shape index (κ3) is 5.10. The summed E-state index contributed by atoms with van der Waals surface area (Å²) in [5, 5.41) is 6.21. The van der Waals surface area contributed by atoms with E-state index in [-0.39, 0.29) is 17.7 Å². The van der Waals surface area contributed by atoms with E-state index >= 15 is 0 Å². The number of likely N-dealkylation sites (tertiary alicyclic amines) is 1. The number of nitrogens with zero attached hydrogens (tertiary/aromatic N) is 1. The largest absolute Gasteiger partial charge is 0.383 e. The lowest BCUT2D eigenvalue weighted by atomic mass is 9.95. The number of carbonyl (C=O) groups excluding carboxylic acids is 2. The maximum atomic E-state index is 13.1. The van der Waals surface area contributed by atoms with Crippen LogP contribution in [-0.2, 0) is 9.53 Å². The molecule has 28 heavy (non-hydrogen) atoms. The van der Waals surface area contributed by atoms with Crippen LogP contribution in [0.5, 0.6) is 0 Å². The van der Waals surface area contributed by atoms with Crippen molar-refractivity contribution >= 4 is 23.2 Å². The Balaban J connectivity index is 1.60. The van der Waals surface area contributed by atoms with Crippen LogP contribution in [0.1, 0.15) is 23.2 Å². The average molecular weight is 381 g/mol. The van der Waals surface area contributed by atoms with Crippen LogP contribution >= 0.6 is 0 Å². The fourth-order valence-corrected chi connectivity index (χ4v) is 3.39.